The number of alkyl halides is 3. The van der Waals surface area contributed by atoms with Crippen molar-refractivity contribution < 1.29 is 27.2 Å². The lowest BCUT2D eigenvalue weighted by Gasteiger charge is -2.33. The number of carbonyl (C=O) groups is 1. The van der Waals surface area contributed by atoms with Crippen LogP contribution in [0.15, 0.2) is 10.6 Å². The quantitative estimate of drug-likeness (QED) is 0.790. The number of halogens is 3. The fraction of sp³-hybridized carbons (Fsp3) is 0.632. The summed E-state index contributed by atoms with van der Waals surface area (Å²) in [6.45, 7) is 3.20. The molecule has 9 heteroatoms. The van der Waals surface area contributed by atoms with Crippen LogP contribution in [-0.4, -0.2) is 46.7 Å². The highest BCUT2D eigenvalue weighted by atomic mass is 19.4. The van der Waals surface area contributed by atoms with Gasteiger partial charge in [-0.2, -0.15) is 13.2 Å². The highest BCUT2D eigenvalue weighted by Gasteiger charge is 2.39. The number of ether oxygens (including phenoxy) is 1. The normalized spacial score (nSPS) is 23.5. The van der Waals surface area contributed by atoms with E-state index in [4.69, 9.17) is 9.26 Å². The maximum atomic E-state index is 13.7. The Morgan fingerprint density at radius 1 is 1.32 bits per heavy atom. The molecule has 2 aromatic heterocycles. The summed E-state index contributed by atoms with van der Waals surface area (Å²) in [6.07, 6.45) is -1.73. The minimum Gasteiger partial charge on any atom is -0.368 e. The van der Waals surface area contributed by atoms with E-state index in [1.807, 2.05) is 0 Å². The second-order valence-electron chi connectivity index (χ2n) is 7.39. The molecule has 0 aromatic carbocycles. The number of amides is 1. The van der Waals surface area contributed by atoms with Gasteiger partial charge in [0.25, 0.3) is 11.6 Å². The topological polar surface area (TPSA) is 68.5 Å². The Morgan fingerprint density at radius 3 is 2.82 bits per heavy atom. The summed E-state index contributed by atoms with van der Waals surface area (Å²) in [7, 11) is 0. The van der Waals surface area contributed by atoms with Crippen LogP contribution in [0.25, 0.3) is 11.1 Å². The van der Waals surface area contributed by atoms with Gasteiger partial charge < -0.3 is 14.2 Å². The summed E-state index contributed by atoms with van der Waals surface area (Å²) in [4.78, 5) is 18.5. The average Bonchev–Trinajstić information content (AvgIpc) is 3.35. The van der Waals surface area contributed by atoms with E-state index in [0.717, 1.165) is 12.5 Å². The standard InChI is InChI=1S/C19H22F3N3O3/c1-2-12-9-13(19(20,21)22)15-16(24-28-17(15)23-12)11-5-3-7-25(10-11)18(26)14-6-4-8-27-14/h9,11,14H,2-8,10H2,1H3/t11-,14-/m1/s1. The minimum absolute atomic E-state index is 0.0823. The van der Waals surface area contributed by atoms with Crippen LogP contribution in [0.1, 0.15) is 55.5 Å². The first-order chi connectivity index (χ1) is 13.4. The maximum Gasteiger partial charge on any atom is 0.417 e. The number of hydrogen-bond donors (Lipinski definition) is 0. The number of fused-ring (bicyclic) bond motifs is 1. The van der Waals surface area contributed by atoms with Gasteiger partial charge >= 0.3 is 6.18 Å². The molecule has 0 bridgehead atoms. The van der Waals surface area contributed by atoms with Crippen molar-refractivity contribution in [2.24, 2.45) is 0 Å². The molecule has 2 fully saturated rings. The molecule has 2 aliphatic heterocycles. The van der Waals surface area contributed by atoms with Crippen molar-refractivity contribution in [1.82, 2.24) is 15.0 Å². The van der Waals surface area contributed by atoms with Gasteiger partial charge in [-0.1, -0.05) is 12.1 Å². The smallest absolute Gasteiger partial charge is 0.368 e. The van der Waals surface area contributed by atoms with Crippen molar-refractivity contribution in [3.8, 4) is 0 Å². The van der Waals surface area contributed by atoms with Crippen LogP contribution in [-0.2, 0) is 22.1 Å². The minimum atomic E-state index is -4.53. The number of pyridine rings is 1. The SMILES string of the molecule is CCc1cc(C(F)(F)F)c2c([C@@H]3CCCN(C(=O)[C@H]4CCCO4)C3)noc2n1. The summed E-state index contributed by atoms with van der Waals surface area (Å²) in [6, 6.07) is 1.07. The number of aryl methyl sites for hydroxylation is 1. The molecule has 6 nitrogen and oxygen atoms in total. The molecule has 0 saturated carbocycles. The van der Waals surface area contributed by atoms with E-state index in [-0.39, 0.29) is 28.6 Å². The lowest BCUT2D eigenvalue weighted by molar-refractivity contribution is -0.142. The first-order valence-electron chi connectivity index (χ1n) is 9.65. The Balaban J connectivity index is 1.67. The highest BCUT2D eigenvalue weighted by molar-refractivity contribution is 5.83. The number of piperidine rings is 1. The molecule has 0 spiro atoms. The fourth-order valence-corrected chi connectivity index (χ4v) is 4.08. The zero-order valence-corrected chi connectivity index (χ0v) is 15.6. The van der Waals surface area contributed by atoms with Gasteiger partial charge in [0.2, 0.25) is 0 Å². The summed E-state index contributed by atoms with van der Waals surface area (Å²) in [5, 5.41) is 3.87. The van der Waals surface area contributed by atoms with Crippen molar-refractivity contribution >= 4 is 17.0 Å². The van der Waals surface area contributed by atoms with E-state index in [0.29, 0.717) is 51.1 Å². The molecule has 152 valence electrons. The van der Waals surface area contributed by atoms with Crippen LogP contribution in [0.2, 0.25) is 0 Å². The molecule has 4 heterocycles. The van der Waals surface area contributed by atoms with E-state index in [9.17, 15) is 18.0 Å². The van der Waals surface area contributed by atoms with Crippen LogP contribution >= 0.6 is 0 Å². The van der Waals surface area contributed by atoms with Crippen molar-refractivity contribution in [2.75, 3.05) is 19.7 Å². The molecule has 0 N–H and O–H groups in total. The lowest BCUT2D eigenvalue weighted by atomic mass is 9.91. The van der Waals surface area contributed by atoms with Gasteiger partial charge in [0.05, 0.1) is 16.6 Å². The summed E-state index contributed by atoms with van der Waals surface area (Å²) in [5.41, 5.74) is -0.318. The number of rotatable bonds is 3. The predicted molar refractivity (Wildman–Crippen MR) is 93.7 cm³/mol. The van der Waals surface area contributed by atoms with Gasteiger partial charge in [0.1, 0.15) is 6.10 Å². The second kappa shape index (κ2) is 7.35. The molecule has 0 aliphatic carbocycles. The fourth-order valence-electron chi connectivity index (χ4n) is 4.08. The zero-order valence-electron chi connectivity index (χ0n) is 15.6. The summed E-state index contributed by atoms with van der Waals surface area (Å²) >= 11 is 0. The Labute approximate surface area is 160 Å². The molecule has 2 aromatic rings. The number of likely N-dealkylation sites (tertiary alicyclic amines) is 1. The van der Waals surface area contributed by atoms with Crippen LogP contribution in [0.3, 0.4) is 0 Å². The van der Waals surface area contributed by atoms with E-state index >= 15 is 0 Å². The molecule has 2 aliphatic rings. The third-order valence-corrected chi connectivity index (χ3v) is 5.52. The number of aromatic nitrogens is 2. The van der Waals surface area contributed by atoms with E-state index in [1.165, 1.54) is 0 Å². The number of carbonyl (C=O) groups excluding carboxylic acids is 1. The van der Waals surface area contributed by atoms with E-state index < -0.39 is 17.8 Å². The van der Waals surface area contributed by atoms with Crippen molar-refractivity contribution in [3.05, 3.63) is 23.0 Å². The van der Waals surface area contributed by atoms with Crippen LogP contribution in [0.5, 0.6) is 0 Å². The van der Waals surface area contributed by atoms with Gasteiger partial charge in [-0.05, 0) is 38.2 Å². The predicted octanol–water partition coefficient (Wildman–Crippen LogP) is 3.69. The summed E-state index contributed by atoms with van der Waals surface area (Å²) < 4.78 is 51.7. The van der Waals surface area contributed by atoms with Gasteiger partial charge in [-0.15, -0.1) is 0 Å². The Bertz CT molecular complexity index is 874. The zero-order chi connectivity index (χ0) is 19.9. The van der Waals surface area contributed by atoms with Crippen LogP contribution in [0.4, 0.5) is 13.2 Å². The molecule has 1 amide bonds. The van der Waals surface area contributed by atoms with Crippen molar-refractivity contribution in [1.29, 1.82) is 0 Å². The molecule has 2 saturated heterocycles. The first-order valence-corrected chi connectivity index (χ1v) is 9.65. The van der Waals surface area contributed by atoms with Crippen molar-refractivity contribution in [2.45, 2.75) is 57.2 Å². The van der Waals surface area contributed by atoms with Crippen LogP contribution in [0, 0.1) is 0 Å². The lowest BCUT2D eigenvalue weighted by Crippen LogP contribution is -2.44. The molecular formula is C19H22F3N3O3. The highest BCUT2D eigenvalue weighted by Crippen LogP contribution is 2.40. The summed E-state index contributed by atoms with van der Waals surface area (Å²) in [5.74, 6) is -0.409. The van der Waals surface area contributed by atoms with Gasteiger partial charge in [0.15, 0.2) is 0 Å². The second-order valence-corrected chi connectivity index (χ2v) is 7.39. The largest absolute Gasteiger partial charge is 0.417 e. The number of nitrogens with zero attached hydrogens (tertiary/aromatic N) is 3. The Morgan fingerprint density at radius 2 is 2.14 bits per heavy atom. The molecule has 2 atom stereocenters. The first kappa shape index (κ1) is 19.2. The third-order valence-electron chi connectivity index (χ3n) is 5.52. The maximum absolute atomic E-state index is 13.7. The third kappa shape index (κ3) is 3.47. The average molecular weight is 397 g/mol. The van der Waals surface area contributed by atoms with Gasteiger partial charge in [-0.3, -0.25) is 4.79 Å². The molecule has 0 unspecified atom stereocenters. The molecule has 0 radical (unpaired) electrons. The van der Waals surface area contributed by atoms with Crippen LogP contribution < -0.4 is 0 Å². The monoisotopic (exact) mass is 397 g/mol. The Kier molecular flexibility index (Phi) is 5.03. The Hall–Kier alpha value is -2.16. The molecular weight excluding hydrogens is 375 g/mol. The van der Waals surface area contributed by atoms with Gasteiger partial charge in [0, 0.05) is 31.3 Å². The van der Waals surface area contributed by atoms with Gasteiger partial charge in [-0.25, -0.2) is 4.98 Å². The number of hydrogen-bond acceptors (Lipinski definition) is 5. The molecule has 28 heavy (non-hydrogen) atoms. The van der Waals surface area contributed by atoms with E-state index in [1.54, 1.807) is 11.8 Å². The molecule has 4 rings (SSSR count). The van der Waals surface area contributed by atoms with E-state index in [2.05, 4.69) is 10.1 Å². The van der Waals surface area contributed by atoms with Crippen molar-refractivity contribution in [3.63, 3.8) is 0 Å².